The molecule has 0 spiro atoms. The molecule has 23 nitrogen and oxygen atoms in total. The largest absolute Gasteiger partial charge is 0.505 e. The van der Waals surface area contributed by atoms with E-state index in [0.717, 1.165) is 17.8 Å². The maximum absolute atomic E-state index is 12.6. The Morgan fingerprint density at radius 2 is 1.22 bits per heavy atom. The summed E-state index contributed by atoms with van der Waals surface area (Å²) < 4.78 is 140. The van der Waals surface area contributed by atoms with Gasteiger partial charge in [0.25, 0.3) is 40.5 Å². The molecule has 398 valence electrons. The van der Waals surface area contributed by atoms with Crippen molar-refractivity contribution in [3.05, 3.63) is 149 Å². The van der Waals surface area contributed by atoms with E-state index in [-0.39, 0.29) is 41.2 Å². The highest BCUT2D eigenvalue weighted by atomic mass is 32.2. The average molecular weight is 1120 g/mol. The van der Waals surface area contributed by atoms with E-state index >= 15 is 0 Å². The van der Waals surface area contributed by atoms with Gasteiger partial charge in [0.15, 0.2) is 5.75 Å². The smallest absolute Gasteiger partial charge is 0.296 e. The van der Waals surface area contributed by atoms with Crippen LogP contribution in [0.2, 0.25) is 0 Å². The molecule has 6 N–H and O–H groups in total. The van der Waals surface area contributed by atoms with Gasteiger partial charge in [0, 0.05) is 22.8 Å². The van der Waals surface area contributed by atoms with E-state index in [1.165, 1.54) is 18.2 Å². The van der Waals surface area contributed by atoms with Crippen LogP contribution < -0.4 is 10.1 Å². The number of nitrogens with zero attached hydrogens (tertiary/aromatic N) is 8. The summed E-state index contributed by atoms with van der Waals surface area (Å²) in [6, 6.07) is 23.7. The molecule has 0 unspecified atom stereocenters. The molecule has 27 heteroatoms. The van der Waals surface area contributed by atoms with Crippen LogP contribution in [0.25, 0.3) is 10.8 Å². The third-order valence-electron chi connectivity index (χ3n) is 10.8. The van der Waals surface area contributed by atoms with Crippen LogP contribution in [0.4, 0.5) is 45.5 Å². The molecule has 0 heterocycles. The number of fused-ring (bicyclic) bond motifs is 1. The number of anilines is 2. The van der Waals surface area contributed by atoms with Gasteiger partial charge in [-0.15, -0.1) is 15.3 Å². The van der Waals surface area contributed by atoms with Crippen molar-refractivity contribution in [3.63, 3.8) is 0 Å². The first-order valence-electron chi connectivity index (χ1n) is 22.4. The molecule has 0 aliphatic heterocycles. The molecular formula is C49H49N9O14S4. The monoisotopic (exact) mass is 1120 g/mol. The summed E-state index contributed by atoms with van der Waals surface area (Å²) in [5, 5.41) is 48.8. The number of benzene rings is 6. The first-order chi connectivity index (χ1) is 35.6. The molecule has 0 aromatic heterocycles. The van der Waals surface area contributed by atoms with Crippen LogP contribution in [0.3, 0.4) is 0 Å². The van der Waals surface area contributed by atoms with Crippen molar-refractivity contribution in [2.45, 2.75) is 62.1 Å². The van der Waals surface area contributed by atoms with E-state index in [0.29, 0.717) is 62.9 Å². The molecule has 0 atom stereocenters. The Balaban J connectivity index is 1.23. The minimum atomic E-state index is -5.06. The van der Waals surface area contributed by atoms with Crippen LogP contribution in [0.15, 0.2) is 188 Å². The first-order valence-corrected chi connectivity index (χ1v) is 28.3. The minimum Gasteiger partial charge on any atom is -0.505 e. The number of nitrogens with one attached hydrogen (secondary N) is 1. The van der Waals surface area contributed by atoms with Crippen LogP contribution in [-0.2, 0) is 40.5 Å². The van der Waals surface area contributed by atoms with E-state index in [2.05, 4.69) is 52.8 Å². The van der Waals surface area contributed by atoms with Crippen molar-refractivity contribution in [3.8, 4) is 11.5 Å². The molecule has 0 saturated carbocycles. The zero-order chi connectivity index (χ0) is 55.8. The quantitative estimate of drug-likeness (QED) is 0.0169. The highest BCUT2D eigenvalue weighted by molar-refractivity contribution is 7.87. The lowest BCUT2D eigenvalue weighted by molar-refractivity contribution is 0.317. The zero-order valence-electron chi connectivity index (χ0n) is 41.0. The van der Waals surface area contributed by atoms with E-state index in [4.69, 9.17) is 4.74 Å². The topological polar surface area (TPSA) is 358 Å². The van der Waals surface area contributed by atoms with Crippen molar-refractivity contribution in [2.75, 3.05) is 17.7 Å². The number of phenols is 1. The Morgan fingerprint density at radius 1 is 0.632 bits per heavy atom. The molecule has 0 aliphatic rings. The Labute approximate surface area is 438 Å². The number of hydrogen-bond donors (Lipinski definition) is 6. The SMILES string of the molecule is C=C(/C=C(C)\C(=C/CC)N=Nc1cc(C)c(/N=N/c2c(S(=O)(=O)O)cc3cc(Nc4ccccc4)ccc3c2O)cc1C)N=Nc1cc(C)c(N=Nc2ccc(S(=O)(=O)O)cc2S(=O)(=O)O)cc1OCCCS(=O)(=O)O. The van der Waals surface area contributed by atoms with E-state index in [1.807, 2.05) is 43.3 Å². The lowest BCUT2D eigenvalue weighted by atomic mass is 10.1. The highest BCUT2D eigenvalue weighted by Crippen LogP contribution is 2.43. The number of aromatic hydroxyl groups is 1. The van der Waals surface area contributed by atoms with Crippen LogP contribution >= 0.6 is 0 Å². The summed E-state index contributed by atoms with van der Waals surface area (Å²) in [5.74, 6) is -1.14. The Kier molecular flexibility index (Phi) is 18.0. The molecule has 6 aromatic rings. The summed E-state index contributed by atoms with van der Waals surface area (Å²) in [6.45, 7) is 12.4. The molecule has 0 fully saturated rings. The third kappa shape index (κ3) is 15.4. The van der Waals surface area contributed by atoms with Crippen molar-refractivity contribution < 1.29 is 61.7 Å². The second-order valence-corrected chi connectivity index (χ2v) is 22.5. The molecule has 76 heavy (non-hydrogen) atoms. The number of ether oxygens (including phenoxy) is 1. The number of phenolic OH excluding ortho intramolecular Hbond substituents is 1. The molecule has 0 amide bonds. The summed E-state index contributed by atoms with van der Waals surface area (Å²) >= 11 is 0. The van der Waals surface area contributed by atoms with E-state index in [9.17, 15) is 57.0 Å². The average Bonchev–Trinajstić information content (AvgIpc) is 3.34. The van der Waals surface area contributed by atoms with Gasteiger partial charge in [-0.3, -0.25) is 18.2 Å². The number of para-hydroxylation sites is 1. The molecule has 0 radical (unpaired) electrons. The number of hydrogen-bond acceptors (Lipinski definition) is 19. The van der Waals surface area contributed by atoms with Gasteiger partial charge in [-0.2, -0.15) is 59.2 Å². The number of rotatable bonds is 21. The van der Waals surface area contributed by atoms with Gasteiger partial charge in [0.2, 0.25) is 0 Å². The van der Waals surface area contributed by atoms with Gasteiger partial charge in [0.1, 0.15) is 32.6 Å². The van der Waals surface area contributed by atoms with Crippen LogP contribution in [0.1, 0.15) is 43.4 Å². The second kappa shape index (κ2) is 23.8. The fraction of sp³-hybridized carbons (Fsp3) is 0.184. The number of aryl methyl sites for hydroxylation is 3. The molecule has 0 saturated heterocycles. The maximum Gasteiger partial charge on any atom is 0.296 e. The van der Waals surface area contributed by atoms with Gasteiger partial charge in [-0.1, -0.05) is 37.8 Å². The van der Waals surface area contributed by atoms with E-state index in [1.54, 1.807) is 64.1 Å². The Bertz CT molecular complexity index is 3920. The van der Waals surface area contributed by atoms with Gasteiger partial charge >= 0.3 is 0 Å². The minimum absolute atomic E-state index is 0.0107. The standard InChI is InChI=1S/C49H49N9O14S4/c1-7-12-39(52-54-41-22-31(4)42(23-30(41)3)56-58-48-47(76(69,70)71)26-34-25-36(15-17-38(34)49(48)59)50-35-13-9-8-10-14-35)29(2)21-33(6)51-57-44-24-32(5)43(28-45(44)72-19-11-20-73(60,61)62)55-53-40-18-16-37(74(63,64)65)27-46(40)75(66,67)68/h8-10,12-18,21-28,50,59H,6-7,11,19-20H2,1-5H3,(H,60,61,62)(H,63,64,65)(H,66,67,68)(H,69,70,71)/b29-21-,39-12+,54-52?,55-53?,57-51?,58-56+. The zero-order valence-corrected chi connectivity index (χ0v) is 44.3. The van der Waals surface area contributed by atoms with Gasteiger partial charge < -0.3 is 15.2 Å². The van der Waals surface area contributed by atoms with Crippen molar-refractivity contribution in [1.29, 1.82) is 0 Å². The second-order valence-electron chi connectivity index (χ2n) is 16.7. The first kappa shape index (κ1) is 57.5. The Morgan fingerprint density at radius 3 is 1.84 bits per heavy atom. The number of allylic oxidation sites excluding steroid dienone is 3. The molecule has 6 rings (SSSR count). The normalized spacial score (nSPS) is 13.2. The van der Waals surface area contributed by atoms with Crippen molar-refractivity contribution in [1.82, 2.24) is 0 Å². The third-order valence-corrected chi connectivity index (χ3v) is 14.2. The summed E-state index contributed by atoms with van der Waals surface area (Å²) in [5.41, 5.74) is 4.06. The molecule has 6 aromatic carbocycles. The molecule has 0 bridgehead atoms. The lowest BCUT2D eigenvalue weighted by Crippen LogP contribution is -2.08. The van der Waals surface area contributed by atoms with Crippen molar-refractivity contribution >= 4 is 96.7 Å². The van der Waals surface area contributed by atoms with Crippen LogP contribution in [0, 0.1) is 20.8 Å². The van der Waals surface area contributed by atoms with Gasteiger partial charge in [-0.05, 0) is 147 Å². The van der Waals surface area contributed by atoms with Crippen LogP contribution in [-0.4, -0.2) is 69.3 Å². The summed E-state index contributed by atoms with van der Waals surface area (Å²) in [4.78, 5) is -2.44. The number of azo groups is 4. The summed E-state index contributed by atoms with van der Waals surface area (Å²) in [7, 11) is -19.1. The molecular weight excluding hydrogens is 1070 g/mol. The predicted molar refractivity (Wildman–Crippen MR) is 284 cm³/mol. The fourth-order valence-electron chi connectivity index (χ4n) is 7.01. The van der Waals surface area contributed by atoms with Gasteiger partial charge in [-0.25, -0.2) is 0 Å². The predicted octanol–water partition coefficient (Wildman–Crippen LogP) is 13.1. The summed E-state index contributed by atoms with van der Waals surface area (Å²) in [6.07, 6.45) is 3.80. The van der Waals surface area contributed by atoms with Crippen LogP contribution in [0.5, 0.6) is 11.5 Å². The van der Waals surface area contributed by atoms with Gasteiger partial charge in [0.05, 0.1) is 45.7 Å². The highest BCUT2D eigenvalue weighted by Gasteiger charge is 2.24. The van der Waals surface area contributed by atoms with E-state index < -0.39 is 78.0 Å². The Hall–Kier alpha value is -7.76. The van der Waals surface area contributed by atoms with Crippen molar-refractivity contribution in [2.24, 2.45) is 40.9 Å². The molecule has 0 aliphatic carbocycles. The lowest BCUT2D eigenvalue weighted by Gasteiger charge is -2.12. The maximum atomic E-state index is 12.6. The fourth-order valence-corrected chi connectivity index (χ4v) is 9.38.